The Balaban J connectivity index is 2.33. The second kappa shape index (κ2) is 4.73. The first-order valence-electron chi connectivity index (χ1n) is 5.16. The maximum Gasteiger partial charge on any atom is 0.184 e. The zero-order chi connectivity index (χ0) is 13.2. The van der Waals surface area contributed by atoms with Crippen molar-refractivity contribution in [3.8, 4) is 0 Å². The van der Waals surface area contributed by atoms with Crippen molar-refractivity contribution >= 4 is 15.5 Å². The number of halogens is 1. The number of hydrogen-bond donors (Lipinski definition) is 1. The molecule has 0 spiro atoms. The monoisotopic (exact) mass is 266 g/mol. The molecule has 2 N–H and O–H groups in total. The highest BCUT2D eigenvalue weighted by Gasteiger charge is 2.18. The van der Waals surface area contributed by atoms with Crippen molar-refractivity contribution in [3.05, 3.63) is 54.1 Å². The molecule has 0 bridgehead atoms. The van der Waals surface area contributed by atoms with Crippen molar-refractivity contribution in [1.29, 1.82) is 0 Å². The molecule has 0 aliphatic rings. The minimum Gasteiger partial charge on any atom is -0.396 e. The predicted octanol–water partition coefficient (Wildman–Crippen LogP) is 1.78. The van der Waals surface area contributed by atoms with E-state index in [1.807, 2.05) is 0 Å². The van der Waals surface area contributed by atoms with Crippen LogP contribution < -0.4 is 5.73 Å². The van der Waals surface area contributed by atoms with Crippen molar-refractivity contribution < 1.29 is 12.8 Å². The Morgan fingerprint density at radius 1 is 1.17 bits per heavy atom. The third-order valence-electron chi connectivity index (χ3n) is 2.42. The largest absolute Gasteiger partial charge is 0.396 e. The van der Waals surface area contributed by atoms with Crippen molar-refractivity contribution in [1.82, 2.24) is 4.98 Å². The minimum absolute atomic E-state index is 0.0434. The lowest BCUT2D eigenvalue weighted by Crippen LogP contribution is -2.08. The summed E-state index contributed by atoms with van der Waals surface area (Å²) < 4.78 is 36.9. The maximum absolute atomic E-state index is 12.7. The van der Waals surface area contributed by atoms with Crippen LogP contribution in [0, 0.1) is 5.82 Å². The molecule has 2 rings (SSSR count). The topological polar surface area (TPSA) is 73.0 Å². The van der Waals surface area contributed by atoms with Crippen molar-refractivity contribution in [2.75, 3.05) is 5.73 Å². The molecule has 0 saturated heterocycles. The van der Waals surface area contributed by atoms with Gasteiger partial charge >= 0.3 is 0 Å². The summed E-state index contributed by atoms with van der Waals surface area (Å²) in [6.07, 6.45) is 2.66. The van der Waals surface area contributed by atoms with Crippen LogP contribution in [0.3, 0.4) is 0 Å². The van der Waals surface area contributed by atoms with Gasteiger partial charge in [0.1, 0.15) is 5.82 Å². The molecule has 1 aromatic carbocycles. The van der Waals surface area contributed by atoms with Crippen molar-refractivity contribution in [2.24, 2.45) is 0 Å². The first kappa shape index (κ1) is 12.5. The number of sulfone groups is 1. The molecular formula is C12H11FN2O2S. The molecule has 18 heavy (non-hydrogen) atoms. The summed E-state index contributed by atoms with van der Waals surface area (Å²) in [5, 5.41) is 0. The summed E-state index contributed by atoms with van der Waals surface area (Å²) in [7, 11) is -3.54. The van der Waals surface area contributed by atoms with E-state index in [-0.39, 0.29) is 16.3 Å². The van der Waals surface area contributed by atoms with Crippen LogP contribution in [0.2, 0.25) is 0 Å². The van der Waals surface area contributed by atoms with E-state index in [0.717, 1.165) is 0 Å². The van der Waals surface area contributed by atoms with Crippen LogP contribution in [0.4, 0.5) is 10.1 Å². The second-order valence-corrected chi connectivity index (χ2v) is 5.76. The van der Waals surface area contributed by atoms with E-state index in [2.05, 4.69) is 4.98 Å². The molecule has 4 nitrogen and oxygen atoms in total. The number of nitrogens with two attached hydrogens (primary N) is 1. The second-order valence-electron chi connectivity index (χ2n) is 3.80. The Labute approximate surface area is 104 Å². The van der Waals surface area contributed by atoms with Crippen molar-refractivity contribution in [2.45, 2.75) is 10.6 Å². The highest BCUT2D eigenvalue weighted by atomic mass is 32.2. The van der Waals surface area contributed by atoms with Gasteiger partial charge in [-0.1, -0.05) is 12.1 Å². The third kappa shape index (κ3) is 2.65. The quantitative estimate of drug-likeness (QED) is 0.919. The number of rotatable bonds is 3. The number of aromatic nitrogens is 1. The van der Waals surface area contributed by atoms with Crippen LogP contribution >= 0.6 is 0 Å². The van der Waals surface area contributed by atoms with Crippen LogP contribution in [0.15, 0.2) is 47.6 Å². The Morgan fingerprint density at radius 3 is 2.44 bits per heavy atom. The molecule has 0 amide bonds. The van der Waals surface area contributed by atoms with E-state index in [0.29, 0.717) is 5.56 Å². The molecule has 6 heteroatoms. The van der Waals surface area contributed by atoms with Gasteiger partial charge in [0.15, 0.2) is 9.84 Å². The van der Waals surface area contributed by atoms with Crippen LogP contribution in [-0.2, 0) is 15.6 Å². The molecule has 0 atom stereocenters. The standard InChI is InChI=1S/C12H11FN2O2S/c13-10-3-1-9(2-4-10)8-18(16,17)12-5-6-15-7-11(12)14/h1-7H,8,14H2. The SMILES string of the molecule is Nc1cnccc1S(=O)(=O)Cc1ccc(F)cc1. The molecule has 0 fully saturated rings. The highest BCUT2D eigenvalue weighted by Crippen LogP contribution is 2.21. The predicted molar refractivity (Wildman–Crippen MR) is 65.9 cm³/mol. The molecule has 1 aromatic heterocycles. The lowest BCUT2D eigenvalue weighted by Gasteiger charge is -2.06. The van der Waals surface area contributed by atoms with Gasteiger partial charge in [0.05, 0.1) is 22.5 Å². The van der Waals surface area contributed by atoms with Gasteiger partial charge in [0, 0.05) is 6.20 Å². The minimum atomic E-state index is -3.54. The molecule has 0 aliphatic carbocycles. The van der Waals surface area contributed by atoms with E-state index in [4.69, 9.17) is 5.73 Å². The summed E-state index contributed by atoms with van der Waals surface area (Å²) in [5.74, 6) is -0.624. The summed E-state index contributed by atoms with van der Waals surface area (Å²) in [4.78, 5) is 3.78. The third-order valence-corrected chi connectivity index (χ3v) is 4.17. The Bertz CT molecular complexity index is 654. The highest BCUT2D eigenvalue weighted by molar-refractivity contribution is 7.90. The average Bonchev–Trinajstić information content (AvgIpc) is 2.32. The van der Waals surface area contributed by atoms with E-state index in [1.54, 1.807) is 0 Å². The molecule has 1 heterocycles. The number of nitrogen functional groups attached to an aromatic ring is 1. The van der Waals surface area contributed by atoms with E-state index in [1.165, 1.54) is 42.7 Å². The fourth-order valence-corrected chi connectivity index (χ4v) is 3.02. The van der Waals surface area contributed by atoms with Crippen molar-refractivity contribution in [3.63, 3.8) is 0 Å². The van der Waals surface area contributed by atoms with Gasteiger partial charge in [-0.25, -0.2) is 12.8 Å². The number of benzene rings is 1. The van der Waals surface area contributed by atoms with Crippen LogP contribution in [-0.4, -0.2) is 13.4 Å². The molecule has 2 aromatic rings. The smallest absolute Gasteiger partial charge is 0.184 e. The van der Waals surface area contributed by atoms with Crippen LogP contribution in [0.5, 0.6) is 0 Å². The van der Waals surface area contributed by atoms with E-state index in [9.17, 15) is 12.8 Å². The Morgan fingerprint density at radius 2 is 1.83 bits per heavy atom. The molecule has 0 radical (unpaired) electrons. The van der Waals surface area contributed by atoms with Gasteiger partial charge in [0.2, 0.25) is 0 Å². The molecule has 0 unspecified atom stereocenters. The summed E-state index contributed by atoms with van der Waals surface area (Å²) >= 11 is 0. The number of nitrogens with zero attached hydrogens (tertiary/aromatic N) is 1. The van der Waals surface area contributed by atoms with Gasteiger partial charge in [-0.05, 0) is 23.8 Å². The number of anilines is 1. The maximum atomic E-state index is 12.7. The Hall–Kier alpha value is -1.95. The van der Waals surface area contributed by atoms with E-state index < -0.39 is 15.7 Å². The normalized spacial score (nSPS) is 11.4. The molecule has 94 valence electrons. The zero-order valence-electron chi connectivity index (χ0n) is 9.38. The first-order chi connectivity index (χ1) is 8.49. The van der Waals surface area contributed by atoms with Gasteiger partial charge in [0.25, 0.3) is 0 Å². The number of hydrogen-bond acceptors (Lipinski definition) is 4. The van der Waals surface area contributed by atoms with Gasteiger partial charge < -0.3 is 5.73 Å². The van der Waals surface area contributed by atoms with Gasteiger partial charge in [-0.3, -0.25) is 4.98 Å². The zero-order valence-corrected chi connectivity index (χ0v) is 10.2. The van der Waals surface area contributed by atoms with E-state index >= 15 is 0 Å². The van der Waals surface area contributed by atoms with Crippen LogP contribution in [0.1, 0.15) is 5.56 Å². The van der Waals surface area contributed by atoms with Gasteiger partial charge in [-0.15, -0.1) is 0 Å². The molecule has 0 aliphatic heterocycles. The lowest BCUT2D eigenvalue weighted by atomic mass is 10.2. The first-order valence-corrected chi connectivity index (χ1v) is 6.81. The fraction of sp³-hybridized carbons (Fsp3) is 0.0833. The summed E-state index contributed by atoms with van der Waals surface area (Å²) in [6.45, 7) is 0. The van der Waals surface area contributed by atoms with Crippen LogP contribution in [0.25, 0.3) is 0 Å². The van der Waals surface area contributed by atoms with Gasteiger partial charge in [-0.2, -0.15) is 0 Å². The Kier molecular flexibility index (Phi) is 3.29. The summed E-state index contributed by atoms with van der Waals surface area (Å²) in [5.41, 5.74) is 6.20. The number of pyridine rings is 1. The lowest BCUT2D eigenvalue weighted by molar-refractivity contribution is 0.595. The fourth-order valence-electron chi connectivity index (χ4n) is 1.55. The summed E-state index contributed by atoms with van der Waals surface area (Å²) in [6, 6.07) is 6.67. The molecule has 0 saturated carbocycles. The molecular weight excluding hydrogens is 255 g/mol. The average molecular weight is 266 g/mol.